The fourth-order valence-corrected chi connectivity index (χ4v) is 1.35. The van der Waals surface area contributed by atoms with Crippen LogP contribution in [0, 0.1) is 0 Å². The summed E-state index contributed by atoms with van der Waals surface area (Å²) in [6.45, 7) is 0. The van der Waals surface area contributed by atoms with E-state index in [1.54, 1.807) is 6.07 Å². The lowest BCUT2D eigenvalue weighted by Gasteiger charge is -2.13. The van der Waals surface area contributed by atoms with E-state index in [0.29, 0.717) is 0 Å². The second-order valence-electron chi connectivity index (χ2n) is 3.36. The van der Waals surface area contributed by atoms with Gasteiger partial charge in [0.05, 0.1) is 6.20 Å². The quantitative estimate of drug-likeness (QED) is 0.766. The number of benzene rings is 1. The zero-order valence-corrected chi connectivity index (χ0v) is 8.68. The Morgan fingerprint density at radius 1 is 1.12 bits per heavy atom. The Morgan fingerprint density at radius 3 is 2.41 bits per heavy atom. The Hall–Kier alpha value is -2.17. The molecule has 86 valence electrons. The van der Waals surface area contributed by atoms with Gasteiger partial charge in [-0.1, -0.05) is 30.3 Å². The molecule has 0 fully saturated rings. The van der Waals surface area contributed by atoms with Crippen LogP contribution in [0.4, 0.5) is 8.78 Å². The van der Waals surface area contributed by atoms with Gasteiger partial charge in [-0.05, 0) is 0 Å². The number of rotatable bonds is 3. The monoisotopic (exact) mass is 234 g/mol. The number of hydrogen-bond acceptors (Lipinski definition) is 3. The molecule has 0 atom stereocenters. The van der Waals surface area contributed by atoms with Crippen LogP contribution < -0.4 is 0 Å². The molecule has 0 unspecified atom stereocenters. The molecule has 0 saturated carbocycles. The number of carbonyl (C=O) groups is 1. The first-order valence-corrected chi connectivity index (χ1v) is 4.86. The molecular weight excluding hydrogens is 226 g/mol. The van der Waals surface area contributed by atoms with E-state index < -0.39 is 17.4 Å². The highest BCUT2D eigenvalue weighted by Gasteiger charge is 2.42. The van der Waals surface area contributed by atoms with Crippen LogP contribution in [0.15, 0.2) is 48.9 Å². The summed E-state index contributed by atoms with van der Waals surface area (Å²) in [5.41, 5.74) is -0.697. The molecule has 0 aliphatic rings. The van der Waals surface area contributed by atoms with Crippen molar-refractivity contribution < 1.29 is 13.6 Å². The normalized spacial score (nSPS) is 11.2. The number of Topliss-reactive ketones (excluding diaryl/α,β-unsaturated/α-hetero) is 1. The number of ketones is 1. The molecule has 0 spiro atoms. The maximum atomic E-state index is 13.8. The summed E-state index contributed by atoms with van der Waals surface area (Å²) in [5, 5.41) is 0. The van der Waals surface area contributed by atoms with Crippen LogP contribution in [0.5, 0.6) is 0 Å². The van der Waals surface area contributed by atoms with Crippen molar-refractivity contribution in [1.82, 2.24) is 9.97 Å². The van der Waals surface area contributed by atoms with E-state index in [4.69, 9.17) is 0 Å². The molecule has 1 aromatic carbocycles. The molecule has 0 radical (unpaired) electrons. The minimum Gasteiger partial charge on any atom is -0.287 e. The van der Waals surface area contributed by atoms with Gasteiger partial charge in [0.1, 0.15) is 5.69 Å². The van der Waals surface area contributed by atoms with Gasteiger partial charge < -0.3 is 0 Å². The first-order chi connectivity index (χ1) is 8.12. The number of carbonyl (C=O) groups excluding carboxylic acids is 1. The van der Waals surface area contributed by atoms with Crippen molar-refractivity contribution >= 4 is 5.78 Å². The molecule has 2 rings (SSSR count). The number of aromatic nitrogens is 2. The van der Waals surface area contributed by atoms with Gasteiger partial charge in [-0.15, -0.1) is 0 Å². The van der Waals surface area contributed by atoms with Crippen molar-refractivity contribution in [2.45, 2.75) is 5.92 Å². The molecule has 0 amide bonds. The van der Waals surface area contributed by atoms with E-state index in [2.05, 4.69) is 9.97 Å². The Balaban J connectivity index is 2.37. The maximum absolute atomic E-state index is 13.8. The Bertz CT molecular complexity index is 515. The molecular formula is C12H8F2N2O. The number of alkyl halides is 2. The van der Waals surface area contributed by atoms with Crippen molar-refractivity contribution in [2.24, 2.45) is 0 Å². The van der Waals surface area contributed by atoms with Crippen molar-refractivity contribution in [3.05, 3.63) is 60.2 Å². The van der Waals surface area contributed by atoms with Gasteiger partial charge in [0, 0.05) is 18.0 Å². The highest BCUT2D eigenvalue weighted by atomic mass is 19.3. The molecule has 17 heavy (non-hydrogen) atoms. The average Bonchev–Trinajstić information content (AvgIpc) is 2.40. The molecule has 0 bridgehead atoms. The summed E-state index contributed by atoms with van der Waals surface area (Å²) in [6, 6.07) is 7.39. The SMILES string of the molecule is O=C(c1ccccc1)C(F)(F)c1cnccn1. The zero-order chi connectivity index (χ0) is 12.3. The van der Waals surface area contributed by atoms with Gasteiger partial charge in [-0.25, -0.2) is 0 Å². The Labute approximate surface area is 96.2 Å². The second-order valence-corrected chi connectivity index (χ2v) is 3.36. The number of hydrogen-bond donors (Lipinski definition) is 0. The molecule has 5 heteroatoms. The van der Waals surface area contributed by atoms with Gasteiger partial charge in [0.2, 0.25) is 5.78 Å². The van der Waals surface area contributed by atoms with Crippen LogP contribution in [0.25, 0.3) is 0 Å². The van der Waals surface area contributed by atoms with E-state index in [9.17, 15) is 13.6 Å². The van der Waals surface area contributed by atoms with E-state index in [1.165, 1.54) is 30.5 Å². The average molecular weight is 234 g/mol. The van der Waals surface area contributed by atoms with E-state index >= 15 is 0 Å². The van der Waals surface area contributed by atoms with Gasteiger partial charge in [-0.3, -0.25) is 14.8 Å². The third kappa shape index (κ3) is 2.18. The largest absolute Gasteiger partial charge is 0.352 e. The molecule has 0 aliphatic heterocycles. The van der Waals surface area contributed by atoms with Crippen molar-refractivity contribution in [3.8, 4) is 0 Å². The summed E-state index contributed by atoms with van der Waals surface area (Å²) in [6.07, 6.45) is 3.29. The highest BCUT2D eigenvalue weighted by molar-refractivity contribution is 6.01. The van der Waals surface area contributed by atoms with Crippen LogP contribution >= 0.6 is 0 Å². The van der Waals surface area contributed by atoms with Crippen LogP contribution in [0.1, 0.15) is 16.1 Å². The summed E-state index contributed by atoms with van der Waals surface area (Å²) in [7, 11) is 0. The maximum Gasteiger partial charge on any atom is 0.352 e. The van der Waals surface area contributed by atoms with E-state index in [0.717, 1.165) is 12.4 Å². The van der Waals surface area contributed by atoms with Gasteiger partial charge in [-0.2, -0.15) is 8.78 Å². The Kier molecular flexibility index (Phi) is 2.91. The third-order valence-corrected chi connectivity index (χ3v) is 2.21. The minimum atomic E-state index is -3.66. The van der Waals surface area contributed by atoms with Crippen molar-refractivity contribution in [3.63, 3.8) is 0 Å². The van der Waals surface area contributed by atoms with Crippen LogP contribution in [0.2, 0.25) is 0 Å². The summed E-state index contributed by atoms with van der Waals surface area (Å²) < 4.78 is 27.6. The van der Waals surface area contributed by atoms with Crippen molar-refractivity contribution in [1.29, 1.82) is 0 Å². The van der Waals surface area contributed by atoms with Gasteiger partial charge in [0.15, 0.2) is 0 Å². The molecule has 3 nitrogen and oxygen atoms in total. The summed E-state index contributed by atoms with van der Waals surface area (Å²) in [5.74, 6) is -4.94. The fourth-order valence-electron chi connectivity index (χ4n) is 1.35. The lowest BCUT2D eigenvalue weighted by atomic mass is 10.0. The second kappa shape index (κ2) is 4.37. The van der Waals surface area contributed by atoms with E-state index in [-0.39, 0.29) is 5.56 Å². The fraction of sp³-hybridized carbons (Fsp3) is 0.0833. The smallest absolute Gasteiger partial charge is 0.287 e. The van der Waals surface area contributed by atoms with Gasteiger partial charge in [0.25, 0.3) is 0 Å². The summed E-state index contributed by atoms with van der Waals surface area (Å²) >= 11 is 0. The predicted molar refractivity (Wildman–Crippen MR) is 56.7 cm³/mol. The molecule has 1 aromatic heterocycles. The molecule has 0 aliphatic carbocycles. The first kappa shape index (κ1) is 11.3. The number of halogens is 2. The lowest BCUT2D eigenvalue weighted by Crippen LogP contribution is -2.27. The molecule has 2 aromatic rings. The van der Waals surface area contributed by atoms with Crippen molar-refractivity contribution in [2.75, 3.05) is 0 Å². The van der Waals surface area contributed by atoms with E-state index in [1.807, 2.05) is 0 Å². The van der Waals surface area contributed by atoms with Crippen LogP contribution in [-0.2, 0) is 5.92 Å². The standard InChI is InChI=1S/C12H8F2N2O/c13-12(14,10-8-15-6-7-16-10)11(17)9-4-2-1-3-5-9/h1-8H. The summed E-state index contributed by atoms with van der Waals surface area (Å²) in [4.78, 5) is 18.6. The van der Waals surface area contributed by atoms with Crippen LogP contribution in [-0.4, -0.2) is 15.8 Å². The molecule has 1 heterocycles. The topological polar surface area (TPSA) is 42.9 Å². The van der Waals surface area contributed by atoms with Gasteiger partial charge >= 0.3 is 5.92 Å². The van der Waals surface area contributed by atoms with Crippen LogP contribution in [0.3, 0.4) is 0 Å². The number of nitrogens with zero attached hydrogens (tertiary/aromatic N) is 2. The third-order valence-electron chi connectivity index (χ3n) is 2.21. The first-order valence-electron chi connectivity index (χ1n) is 4.86. The lowest BCUT2D eigenvalue weighted by molar-refractivity contribution is 0.00442. The zero-order valence-electron chi connectivity index (χ0n) is 8.68. The highest BCUT2D eigenvalue weighted by Crippen LogP contribution is 2.29. The Morgan fingerprint density at radius 2 is 1.82 bits per heavy atom. The molecule has 0 saturated heterocycles. The molecule has 0 N–H and O–H groups in total. The predicted octanol–water partition coefficient (Wildman–Crippen LogP) is 2.45. The minimum absolute atomic E-state index is 0.0526.